The molecule has 0 unspecified atom stereocenters. The summed E-state index contributed by atoms with van der Waals surface area (Å²) in [6.45, 7) is 11.3. The highest BCUT2D eigenvalue weighted by Crippen LogP contribution is 2.51. The standard InChI is InChI=1S/C26H33F3N4O/c1-16-11-22-21(12-20(16)30-6)32-23(31-17-7-9-19(10-8-17)34-26(27,28)29)33(22)18-13-24(2,3)15-25(4,5)14-18/h7-11,18H,12-15H2,1-6H3,(H,31,32). The molecule has 0 atom stereocenters. The van der Waals surface area contributed by atoms with E-state index in [0.717, 1.165) is 41.9 Å². The van der Waals surface area contributed by atoms with E-state index in [1.165, 1.54) is 12.1 Å². The third-order valence-corrected chi connectivity index (χ3v) is 6.68. The number of hydrogen-bond donors (Lipinski definition) is 1. The molecule has 2 aromatic rings. The number of nitrogens with one attached hydrogen (secondary N) is 1. The summed E-state index contributed by atoms with van der Waals surface area (Å²) in [7, 11) is 1.80. The second-order valence-corrected chi connectivity index (χ2v) is 11.1. The molecular formula is C26H33F3N4O. The van der Waals surface area contributed by atoms with Crippen molar-refractivity contribution in [2.45, 2.75) is 72.7 Å². The zero-order valence-electron chi connectivity index (χ0n) is 20.7. The van der Waals surface area contributed by atoms with E-state index in [0.29, 0.717) is 18.1 Å². The Bertz CT molecular complexity index is 1110. The SMILES string of the molecule is CN=C1Cc2nc(Nc3ccc(OC(F)(F)F)cc3)n(C3CC(C)(C)CC(C)(C)C3)c2C=C1C. The Kier molecular flexibility index (Phi) is 6.07. The molecule has 34 heavy (non-hydrogen) atoms. The molecule has 1 aromatic heterocycles. The van der Waals surface area contributed by atoms with Gasteiger partial charge in [0.1, 0.15) is 5.75 Å². The molecule has 1 aromatic carbocycles. The molecule has 1 saturated carbocycles. The summed E-state index contributed by atoms with van der Waals surface area (Å²) in [5.74, 6) is 0.452. The van der Waals surface area contributed by atoms with Gasteiger partial charge in [0.05, 0.1) is 11.4 Å². The number of benzene rings is 1. The normalized spacial score (nSPS) is 21.2. The minimum atomic E-state index is -4.71. The number of anilines is 2. The van der Waals surface area contributed by atoms with Gasteiger partial charge in [-0.25, -0.2) is 4.98 Å². The smallest absolute Gasteiger partial charge is 0.406 e. The van der Waals surface area contributed by atoms with Gasteiger partial charge < -0.3 is 14.6 Å². The van der Waals surface area contributed by atoms with E-state index in [1.54, 1.807) is 19.2 Å². The van der Waals surface area contributed by atoms with E-state index in [2.05, 4.69) is 60.3 Å². The fourth-order valence-electron chi connectivity index (χ4n) is 5.91. The number of nitrogens with zero attached hydrogens (tertiary/aromatic N) is 3. The van der Waals surface area contributed by atoms with Crippen molar-refractivity contribution >= 4 is 23.4 Å². The molecule has 8 heteroatoms. The van der Waals surface area contributed by atoms with Crippen LogP contribution in [0.25, 0.3) is 6.08 Å². The molecule has 0 saturated heterocycles. The van der Waals surface area contributed by atoms with Crippen molar-refractivity contribution in [3.8, 4) is 5.75 Å². The molecule has 1 heterocycles. The van der Waals surface area contributed by atoms with Crippen molar-refractivity contribution in [2.75, 3.05) is 12.4 Å². The van der Waals surface area contributed by atoms with Crippen LogP contribution in [-0.4, -0.2) is 28.7 Å². The third kappa shape index (κ3) is 5.31. The minimum absolute atomic E-state index is 0.181. The summed E-state index contributed by atoms with van der Waals surface area (Å²) in [5, 5.41) is 3.37. The van der Waals surface area contributed by atoms with E-state index in [4.69, 9.17) is 4.98 Å². The van der Waals surface area contributed by atoms with Gasteiger partial charge in [0.2, 0.25) is 5.95 Å². The molecule has 2 aliphatic carbocycles. The van der Waals surface area contributed by atoms with Crippen LogP contribution in [0.5, 0.6) is 5.75 Å². The third-order valence-electron chi connectivity index (χ3n) is 6.68. The van der Waals surface area contributed by atoms with Crippen LogP contribution < -0.4 is 10.1 Å². The summed E-state index contributed by atoms with van der Waals surface area (Å²) in [4.78, 5) is 9.37. The lowest BCUT2D eigenvalue weighted by Gasteiger charge is -2.46. The van der Waals surface area contributed by atoms with Crippen LogP contribution in [0.4, 0.5) is 24.8 Å². The number of fused-ring (bicyclic) bond motifs is 1. The Morgan fingerprint density at radius 2 is 1.71 bits per heavy atom. The monoisotopic (exact) mass is 474 g/mol. The molecule has 0 bridgehead atoms. The van der Waals surface area contributed by atoms with Gasteiger partial charge in [-0.2, -0.15) is 0 Å². The molecule has 0 amide bonds. The number of hydrogen-bond acceptors (Lipinski definition) is 4. The lowest BCUT2D eigenvalue weighted by Crippen LogP contribution is -2.35. The first-order chi connectivity index (χ1) is 15.8. The lowest BCUT2D eigenvalue weighted by molar-refractivity contribution is -0.274. The predicted molar refractivity (Wildman–Crippen MR) is 130 cm³/mol. The van der Waals surface area contributed by atoms with Gasteiger partial charge in [0.15, 0.2) is 0 Å². The maximum absolute atomic E-state index is 12.5. The molecule has 5 nitrogen and oxygen atoms in total. The second kappa shape index (κ2) is 8.47. The zero-order chi connectivity index (χ0) is 24.9. The molecule has 0 radical (unpaired) electrons. The Morgan fingerprint density at radius 1 is 1.09 bits per heavy atom. The van der Waals surface area contributed by atoms with E-state index in [-0.39, 0.29) is 22.6 Å². The number of allylic oxidation sites excluding steroid dienone is 1. The van der Waals surface area contributed by atoms with Crippen molar-refractivity contribution in [1.29, 1.82) is 0 Å². The number of aliphatic imine (C=N–C) groups is 1. The number of alkyl halides is 3. The zero-order valence-corrected chi connectivity index (χ0v) is 20.7. The first-order valence-corrected chi connectivity index (χ1v) is 11.6. The van der Waals surface area contributed by atoms with Crippen molar-refractivity contribution < 1.29 is 17.9 Å². The Balaban J connectivity index is 1.73. The van der Waals surface area contributed by atoms with E-state index >= 15 is 0 Å². The Hall–Kier alpha value is -2.77. The predicted octanol–water partition coefficient (Wildman–Crippen LogP) is 7.33. The van der Waals surface area contributed by atoms with Crippen LogP contribution >= 0.6 is 0 Å². The van der Waals surface area contributed by atoms with Gasteiger partial charge in [0.25, 0.3) is 0 Å². The van der Waals surface area contributed by atoms with Gasteiger partial charge in [-0.15, -0.1) is 13.2 Å². The summed E-state index contributed by atoms with van der Waals surface area (Å²) in [6, 6.07) is 6.01. The summed E-state index contributed by atoms with van der Waals surface area (Å²) in [6.07, 6.45) is 1.30. The van der Waals surface area contributed by atoms with E-state index in [1.807, 2.05) is 0 Å². The van der Waals surface area contributed by atoms with Gasteiger partial charge in [-0.1, -0.05) is 27.7 Å². The van der Waals surface area contributed by atoms with Crippen molar-refractivity contribution in [3.63, 3.8) is 0 Å². The second-order valence-electron chi connectivity index (χ2n) is 11.1. The maximum atomic E-state index is 12.5. The number of halogens is 3. The highest BCUT2D eigenvalue weighted by atomic mass is 19.4. The van der Waals surface area contributed by atoms with Crippen LogP contribution in [0.1, 0.15) is 71.3 Å². The van der Waals surface area contributed by atoms with E-state index < -0.39 is 6.36 Å². The first-order valence-electron chi connectivity index (χ1n) is 11.6. The van der Waals surface area contributed by atoms with Crippen LogP contribution in [0.3, 0.4) is 0 Å². The van der Waals surface area contributed by atoms with Crippen LogP contribution in [-0.2, 0) is 6.42 Å². The number of aromatic nitrogens is 2. The summed E-state index contributed by atoms with van der Waals surface area (Å²) < 4.78 is 43.9. The average Bonchev–Trinajstić information content (AvgIpc) is 3.02. The van der Waals surface area contributed by atoms with Gasteiger partial charge >= 0.3 is 6.36 Å². The van der Waals surface area contributed by atoms with Crippen molar-refractivity contribution in [1.82, 2.24) is 9.55 Å². The Labute approximate surface area is 199 Å². The molecule has 184 valence electrons. The largest absolute Gasteiger partial charge is 0.573 e. The van der Waals surface area contributed by atoms with Gasteiger partial charge in [0, 0.05) is 30.9 Å². The molecular weight excluding hydrogens is 441 g/mol. The average molecular weight is 475 g/mol. The summed E-state index contributed by atoms with van der Waals surface area (Å²) >= 11 is 0. The highest BCUT2D eigenvalue weighted by molar-refractivity contribution is 6.06. The highest BCUT2D eigenvalue weighted by Gasteiger charge is 2.41. The molecule has 1 fully saturated rings. The molecule has 2 aliphatic rings. The minimum Gasteiger partial charge on any atom is -0.406 e. The number of ether oxygens (including phenoxy) is 1. The van der Waals surface area contributed by atoms with E-state index in [9.17, 15) is 13.2 Å². The molecule has 0 aliphatic heterocycles. The topological polar surface area (TPSA) is 51.4 Å². The maximum Gasteiger partial charge on any atom is 0.573 e. The van der Waals surface area contributed by atoms with Crippen LogP contribution in [0, 0.1) is 10.8 Å². The molecule has 1 N–H and O–H groups in total. The lowest BCUT2D eigenvalue weighted by atomic mass is 9.63. The fourth-order valence-corrected chi connectivity index (χ4v) is 5.91. The number of imidazole rings is 1. The first kappa shape index (κ1) is 24.4. The summed E-state index contributed by atoms with van der Waals surface area (Å²) in [5.41, 5.74) is 5.21. The quantitative estimate of drug-likeness (QED) is 0.505. The molecule has 4 rings (SSSR count). The van der Waals surface area contributed by atoms with Crippen LogP contribution in [0.2, 0.25) is 0 Å². The number of rotatable bonds is 4. The van der Waals surface area contributed by atoms with Gasteiger partial charge in [-0.3, -0.25) is 4.99 Å². The van der Waals surface area contributed by atoms with Crippen molar-refractivity contribution in [3.05, 3.63) is 41.2 Å². The Morgan fingerprint density at radius 3 is 2.26 bits per heavy atom. The van der Waals surface area contributed by atoms with Gasteiger partial charge in [-0.05, 0) is 72.9 Å². The van der Waals surface area contributed by atoms with Crippen molar-refractivity contribution in [2.24, 2.45) is 15.8 Å². The molecule has 0 spiro atoms. The fraction of sp³-hybridized carbons (Fsp3) is 0.538. The van der Waals surface area contributed by atoms with Crippen LogP contribution in [0.15, 0.2) is 34.8 Å².